The van der Waals surface area contributed by atoms with Crippen LogP contribution in [0.4, 0.5) is 5.95 Å². The monoisotopic (exact) mass is 472 g/mol. The quantitative estimate of drug-likeness (QED) is 0.442. The zero-order valence-corrected chi connectivity index (χ0v) is 19.7. The minimum absolute atomic E-state index is 0.271. The van der Waals surface area contributed by atoms with Crippen LogP contribution in [-0.4, -0.2) is 49.4 Å². The molecule has 2 N–H and O–H groups in total. The summed E-state index contributed by atoms with van der Waals surface area (Å²) in [5, 5.41) is 17.0. The number of hydrogen-bond donors (Lipinski definition) is 2. The number of carbonyl (C=O) groups excluding carboxylic acids is 1. The smallest absolute Gasteiger partial charge is 0.258 e. The Kier molecular flexibility index (Phi) is 5.80. The van der Waals surface area contributed by atoms with Crippen LogP contribution in [0.3, 0.4) is 0 Å². The van der Waals surface area contributed by atoms with E-state index in [2.05, 4.69) is 20.3 Å². The van der Waals surface area contributed by atoms with Gasteiger partial charge in [-0.15, -0.1) is 11.3 Å². The summed E-state index contributed by atoms with van der Waals surface area (Å²) >= 11 is 1.49. The van der Waals surface area contributed by atoms with E-state index in [9.17, 15) is 9.90 Å². The number of anilines is 1. The van der Waals surface area contributed by atoms with Gasteiger partial charge in [-0.2, -0.15) is 0 Å². The molecule has 0 saturated carbocycles. The fraction of sp³-hybridized carbons (Fsp3) is 0.240. The Balaban J connectivity index is 1.35. The van der Waals surface area contributed by atoms with Crippen molar-refractivity contribution in [3.63, 3.8) is 0 Å². The number of carbonyl (C=O) groups is 1. The molecule has 4 aromatic rings. The molecule has 0 bridgehead atoms. The van der Waals surface area contributed by atoms with Crippen molar-refractivity contribution in [1.29, 1.82) is 0 Å². The first-order chi connectivity index (χ1) is 16.4. The highest BCUT2D eigenvalue weighted by atomic mass is 32.1. The molecule has 1 aliphatic rings. The third-order valence-corrected chi connectivity index (χ3v) is 6.83. The number of thiazole rings is 1. The van der Waals surface area contributed by atoms with Crippen molar-refractivity contribution in [3.8, 4) is 22.0 Å². The second-order valence-corrected chi connectivity index (χ2v) is 9.24. The molecule has 0 unspecified atom stereocenters. The van der Waals surface area contributed by atoms with Crippen molar-refractivity contribution < 1.29 is 9.90 Å². The van der Waals surface area contributed by atoms with Gasteiger partial charge in [0, 0.05) is 55.6 Å². The van der Waals surface area contributed by atoms with E-state index in [0.29, 0.717) is 36.7 Å². The number of rotatable bonds is 6. The lowest BCUT2D eigenvalue weighted by Gasteiger charge is -2.21. The van der Waals surface area contributed by atoms with Gasteiger partial charge in [0.1, 0.15) is 10.7 Å². The van der Waals surface area contributed by atoms with Crippen molar-refractivity contribution >= 4 is 23.2 Å². The van der Waals surface area contributed by atoms with Gasteiger partial charge >= 0.3 is 0 Å². The van der Waals surface area contributed by atoms with E-state index in [1.165, 1.54) is 11.3 Å². The third-order valence-electron chi connectivity index (χ3n) is 5.94. The molecule has 0 radical (unpaired) electrons. The molecule has 0 spiro atoms. The second kappa shape index (κ2) is 8.92. The average molecular weight is 473 g/mol. The minimum atomic E-state index is -1.48. The van der Waals surface area contributed by atoms with Crippen molar-refractivity contribution in [3.05, 3.63) is 77.1 Å². The zero-order valence-electron chi connectivity index (χ0n) is 18.9. The van der Waals surface area contributed by atoms with Crippen LogP contribution in [0.25, 0.3) is 22.0 Å². The van der Waals surface area contributed by atoms with E-state index in [0.717, 1.165) is 27.5 Å². The summed E-state index contributed by atoms with van der Waals surface area (Å²) in [7, 11) is 1.71. The maximum absolute atomic E-state index is 12.5. The Morgan fingerprint density at radius 1 is 1.15 bits per heavy atom. The van der Waals surface area contributed by atoms with Crippen LogP contribution in [-0.2, 0) is 16.9 Å². The Morgan fingerprint density at radius 3 is 2.79 bits per heavy atom. The summed E-state index contributed by atoms with van der Waals surface area (Å²) in [5.41, 5.74) is 3.43. The number of likely N-dealkylation sites (tertiary alicyclic amines) is 1. The van der Waals surface area contributed by atoms with Crippen molar-refractivity contribution in [2.75, 3.05) is 18.9 Å². The third kappa shape index (κ3) is 4.27. The predicted molar refractivity (Wildman–Crippen MR) is 131 cm³/mol. The van der Waals surface area contributed by atoms with Crippen molar-refractivity contribution in [2.45, 2.75) is 25.5 Å². The molecule has 1 atom stereocenters. The Labute approximate surface area is 201 Å². The number of nitrogens with zero attached hydrogens (tertiary/aromatic N) is 5. The highest BCUT2D eigenvalue weighted by Crippen LogP contribution is 2.36. The fourth-order valence-corrected chi connectivity index (χ4v) is 4.74. The number of pyridine rings is 1. The van der Waals surface area contributed by atoms with Gasteiger partial charge in [0.15, 0.2) is 5.60 Å². The van der Waals surface area contributed by atoms with Crippen LogP contribution in [0.1, 0.15) is 23.2 Å². The Hall–Kier alpha value is -3.69. The number of aryl methyl sites for hydroxylation is 1. The first-order valence-electron chi connectivity index (χ1n) is 11.0. The molecule has 1 saturated heterocycles. The molecule has 4 heterocycles. The summed E-state index contributed by atoms with van der Waals surface area (Å²) < 4.78 is 0. The summed E-state index contributed by atoms with van der Waals surface area (Å²) in [4.78, 5) is 32.0. The maximum Gasteiger partial charge on any atom is 0.258 e. The summed E-state index contributed by atoms with van der Waals surface area (Å²) in [5.74, 6) is 0.243. The lowest BCUT2D eigenvalue weighted by atomic mass is 9.91. The van der Waals surface area contributed by atoms with Gasteiger partial charge in [0.05, 0.1) is 5.69 Å². The number of nitrogens with one attached hydrogen (secondary N) is 1. The summed E-state index contributed by atoms with van der Waals surface area (Å²) in [6, 6.07) is 13.2. The van der Waals surface area contributed by atoms with Gasteiger partial charge in [-0.3, -0.25) is 9.78 Å². The molecule has 1 fully saturated rings. The zero-order chi connectivity index (χ0) is 23.7. The number of aliphatic hydroxyl groups is 1. The van der Waals surface area contributed by atoms with Crippen molar-refractivity contribution in [2.24, 2.45) is 0 Å². The number of amides is 1. The van der Waals surface area contributed by atoms with E-state index in [-0.39, 0.29) is 5.91 Å². The summed E-state index contributed by atoms with van der Waals surface area (Å²) in [6.07, 6.45) is 3.92. The van der Waals surface area contributed by atoms with Crippen LogP contribution in [0.5, 0.6) is 0 Å². The molecular formula is C25H24N6O2S. The number of benzene rings is 1. The van der Waals surface area contributed by atoms with Crippen LogP contribution in [0.15, 0.2) is 60.2 Å². The largest absolute Gasteiger partial charge is 0.375 e. The van der Waals surface area contributed by atoms with Gasteiger partial charge < -0.3 is 15.3 Å². The lowest BCUT2D eigenvalue weighted by Crippen LogP contribution is -2.36. The van der Waals surface area contributed by atoms with Crippen molar-refractivity contribution in [1.82, 2.24) is 24.8 Å². The first-order valence-corrected chi connectivity index (χ1v) is 11.8. The predicted octanol–water partition coefficient (Wildman–Crippen LogP) is 3.63. The van der Waals surface area contributed by atoms with E-state index in [1.54, 1.807) is 24.2 Å². The fourth-order valence-electron chi connectivity index (χ4n) is 3.93. The Bertz CT molecular complexity index is 1340. The molecular weight excluding hydrogens is 448 g/mol. The molecule has 0 aliphatic carbocycles. The Morgan fingerprint density at radius 2 is 2.03 bits per heavy atom. The van der Waals surface area contributed by atoms with Crippen LogP contribution >= 0.6 is 11.3 Å². The van der Waals surface area contributed by atoms with Gasteiger partial charge in [-0.25, -0.2) is 15.0 Å². The summed E-state index contributed by atoms with van der Waals surface area (Å²) in [6.45, 7) is 3.06. The molecule has 9 heteroatoms. The maximum atomic E-state index is 12.5. The molecule has 1 aromatic carbocycles. The van der Waals surface area contributed by atoms with Crippen LogP contribution in [0, 0.1) is 6.92 Å². The molecule has 172 valence electrons. The SMILES string of the molecule is Cc1ccc(CNc2nccc(-c3csc(-c4cccc([C@]5(O)CCN(C)C5=O)c4)n3)n2)cn1. The van der Waals surface area contributed by atoms with Gasteiger partial charge in [-0.05, 0) is 36.2 Å². The van der Waals surface area contributed by atoms with Gasteiger partial charge in [0.25, 0.3) is 5.91 Å². The highest BCUT2D eigenvalue weighted by molar-refractivity contribution is 7.13. The lowest BCUT2D eigenvalue weighted by molar-refractivity contribution is -0.143. The van der Waals surface area contributed by atoms with Gasteiger partial charge in [0.2, 0.25) is 5.95 Å². The highest BCUT2D eigenvalue weighted by Gasteiger charge is 2.45. The van der Waals surface area contributed by atoms with E-state index < -0.39 is 5.60 Å². The first kappa shape index (κ1) is 22.1. The normalized spacial score (nSPS) is 17.9. The minimum Gasteiger partial charge on any atom is -0.375 e. The molecule has 5 rings (SSSR count). The number of likely N-dealkylation sites (N-methyl/N-ethyl adjacent to an activating group) is 1. The molecule has 1 amide bonds. The number of aromatic nitrogens is 4. The molecule has 1 aliphatic heterocycles. The van der Waals surface area contributed by atoms with Crippen LogP contribution < -0.4 is 5.32 Å². The van der Waals surface area contributed by atoms with E-state index in [4.69, 9.17) is 4.98 Å². The van der Waals surface area contributed by atoms with E-state index in [1.807, 2.05) is 54.9 Å². The van der Waals surface area contributed by atoms with Gasteiger partial charge in [-0.1, -0.05) is 24.3 Å². The standard InChI is InChI=1S/C25H24N6O2S/c1-16-6-7-17(13-27-16)14-28-24-26-10-8-20(30-24)21-15-34-22(29-21)18-4-3-5-19(12-18)25(33)9-11-31(2)23(25)32/h3-8,10,12-13,15,33H,9,11,14H2,1-2H3,(H,26,28,30)/t25-/m1/s1. The topological polar surface area (TPSA) is 104 Å². The molecule has 8 nitrogen and oxygen atoms in total. The number of hydrogen-bond acceptors (Lipinski definition) is 8. The second-order valence-electron chi connectivity index (χ2n) is 8.38. The average Bonchev–Trinajstić information content (AvgIpc) is 3.46. The van der Waals surface area contributed by atoms with Crippen LogP contribution in [0.2, 0.25) is 0 Å². The molecule has 34 heavy (non-hydrogen) atoms. The van der Waals surface area contributed by atoms with E-state index >= 15 is 0 Å². The molecule has 3 aromatic heterocycles.